The molecule has 7 heteroatoms. The Morgan fingerprint density at radius 1 is 1.52 bits per heavy atom. The zero-order valence-corrected chi connectivity index (χ0v) is 13.1. The van der Waals surface area contributed by atoms with Gasteiger partial charge in [0, 0.05) is 16.3 Å². The second-order valence-corrected chi connectivity index (χ2v) is 5.22. The predicted octanol–water partition coefficient (Wildman–Crippen LogP) is 2.84. The molecular weight excluding hydrogens is 315 g/mol. The summed E-state index contributed by atoms with van der Waals surface area (Å²) in [6.45, 7) is 1.86. The third-order valence-corrected chi connectivity index (χ3v) is 3.75. The number of hydrogen-bond acceptors (Lipinski definition) is 3. The van der Waals surface area contributed by atoms with Crippen molar-refractivity contribution in [1.82, 2.24) is 10.6 Å². The Hall–Kier alpha value is -1.66. The Morgan fingerprint density at radius 3 is 2.81 bits per heavy atom. The van der Waals surface area contributed by atoms with Crippen molar-refractivity contribution in [3.8, 4) is 0 Å². The maximum Gasteiger partial charge on any atom is 0.337 e. The van der Waals surface area contributed by atoms with Crippen molar-refractivity contribution in [2.45, 2.75) is 19.4 Å². The maximum absolute atomic E-state index is 14.2. The average molecular weight is 329 g/mol. The maximum atomic E-state index is 14.2. The van der Waals surface area contributed by atoms with Crippen LogP contribution in [0.25, 0.3) is 0 Å². The van der Waals surface area contributed by atoms with Gasteiger partial charge in [0.25, 0.3) is 0 Å². The lowest BCUT2D eigenvalue weighted by Gasteiger charge is -2.31. The van der Waals surface area contributed by atoms with E-state index in [4.69, 9.17) is 28.6 Å². The van der Waals surface area contributed by atoms with Gasteiger partial charge in [0.05, 0.1) is 18.7 Å². The summed E-state index contributed by atoms with van der Waals surface area (Å²) in [5.74, 6) is -1.07. The molecule has 4 nitrogen and oxygen atoms in total. The van der Waals surface area contributed by atoms with E-state index in [0.717, 1.165) is 0 Å². The molecule has 0 unspecified atom stereocenters. The van der Waals surface area contributed by atoms with Crippen LogP contribution in [0.1, 0.15) is 24.9 Å². The van der Waals surface area contributed by atoms with E-state index in [-0.39, 0.29) is 16.2 Å². The molecule has 0 saturated carbocycles. The van der Waals surface area contributed by atoms with E-state index in [2.05, 4.69) is 10.6 Å². The summed E-state index contributed by atoms with van der Waals surface area (Å²) in [6, 6.07) is 3.57. The molecule has 112 valence electrons. The minimum atomic E-state index is -0.783. The number of rotatable bonds is 3. The number of methoxy groups -OCH3 is 1. The Kier molecular flexibility index (Phi) is 4.80. The Balaban J connectivity index is 2.63. The van der Waals surface area contributed by atoms with Gasteiger partial charge >= 0.3 is 5.97 Å². The zero-order valence-electron chi connectivity index (χ0n) is 11.5. The molecule has 0 amide bonds. The molecule has 1 aromatic rings. The predicted molar refractivity (Wildman–Crippen MR) is 82.4 cm³/mol. The highest BCUT2D eigenvalue weighted by atomic mass is 35.5. The smallest absolute Gasteiger partial charge is 0.337 e. The zero-order chi connectivity index (χ0) is 15.6. The number of carbonyl (C=O) groups is 1. The molecule has 0 aliphatic carbocycles. The summed E-state index contributed by atoms with van der Waals surface area (Å²) in [4.78, 5) is 12.1. The quantitative estimate of drug-likeness (QED) is 0.660. The SMILES string of the molecule is CCC1=C(C(=O)OC)[C@H](c2c(F)cccc2Cl)NC(=S)N1. The monoisotopic (exact) mass is 328 g/mol. The number of benzene rings is 1. The molecule has 1 aromatic carbocycles. The van der Waals surface area contributed by atoms with Crippen molar-refractivity contribution < 1.29 is 13.9 Å². The van der Waals surface area contributed by atoms with Gasteiger partial charge in [-0.1, -0.05) is 24.6 Å². The van der Waals surface area contributed by atoms with Gasteiger partial charge in [0.1, 0.15) is 5.82 Å². The van der Waals surface area contributed by atoms with Crippen molar-refractivity contribution in [2.24, 2.45) is 0 Å². The van der Waals surface area contributed by atoms with Crippen LogP contribution in [0.2, 0.25) is 5.02 Å². The van der Waals surface area contributed by atoms with Crippen LogP contribution in [0.15, 0.2) is 29.5 Å². The van der Waals surface area contributed by atoms with Gasteiger partial charge in [0.15, 0.2) is 5.11 Å². The highest BCUT2D eigenvalue weighted by molar-refractivity contribution is 7.80. The summed E-state index contributed by atoms with van der Waals surface area (Å²) in [5, 5.41) is 6.31. The fourth-order valence-corrected chi connectivity index (χ4v) is 2.76. The van der Waals surface area contributed by atoms with Gasteiger partial charge < -0.3 is 15.4 Å². The van der Waals surface area contributed by atoms with Crippen LogP contribution in [0.5, 0.6) is 0 Å². The highest BCUT2D eigenvalue weighted by Crippen LogP contribution is 2.34. The second-order valence-electron chi connectivity index (χ2n) is 4.40. The minimum absolute atomic E-state index is 0.175. The van der Waals surface area contributed by atoms with Gasteiger partial charge in [0.2, 0.25) is 0 Å². The van der Waals surface area contributed by atoms with Crippen LogP contribution in [-0.4, -0.2) is 18.2 Å². The van der Waals surface area contributed by atoms with E-state index in [1.807, 2.05) is 6.92 Å². The molecular formula is C14H14ClFN2O2S. The van der Waals surface area contributed by atoms with E-state index in [1.54, 1.807) is 6.07 Å². The van der Waals surface area contributed by atoms with E-state index < -0.39 is 17.8 Å². The van der Waals surface area contributed by atoms with Gasteiger partial charge in [-0.3, -0.25) is 0 Å². The fraction of sp³-hybridized carbons (Fsp3) is 0.286. The van der Waals surface area contributed by atoms with Crippen LogP contribution in [-0.2, 0) is 9.53 Å². The average Bonchev–Trinajstić information content (AvgIpc) is 2.45. The molecule has 0 spiro atoms. The molecule has 2 rings (SSSR count). The second kappa shape index (κ2) is 6.41. The van der Waals surface area contributed by atoms with E-state index >= 15 is 0 Å². The lowest BCUT2D eigenvalue weighted by molar-refractivity contribution is -0.136. The summed E-state index contributed by atoms with van der Waals surface area (Å²) in [5.41, 5.74) is 1.05. The number of carbonyl (C=O) groups excluding carboxylic acids is 1. The van der Waals surface area contributed by atoms with Crippen LogP contribution in [0.4, 0.5) is 4.39 Å². The van der Waals surface area contributed by atoms with Crippen molar-refractivity contribution >= 4 is 34.9 Å². The van der Waals surface area contributed by atoms with Crippen LogP contribution in [0.3, 0.4) is 0 Å². The molecule has 2 N–H and O–H groups in total. The molecule has 0 fully saturated rings. The number of nitrogens with one attached hydrogen (secondary N) is 2. The van der Waals surface area contributed by atoms with Crippen molar-refractivity contribution in [3.05, 3.63) is 45.9 Å². The fourth-order valence-electron chi connectivity index (χ4n) is 2.25. The highest BCUT2D eigenvalue weighted by Gasteiger charge is 2.34. The third kappa shape index (κ3) is 3.01. The first-order chi connectivity index (χ1) is 9.99. The normalized spacial score (nSPS) is 18.1. The minimum Gasteiger partial charge on any atom is -0.466 e. The molecule has 0 radical (unpaired) electrons. The number of thiocarbonyl (C=S) groups is 1. The van der Waals surface area contributed by atoms with Gasteiger partial charge in [-0.25, -0.2) is 9.18 Å². The molecule has 0 bridgehead atoms. The lowest BCUT2D eigenvalue weighted by atomic mass is 9.94. The topological polar surface area (TPSA) is 50.4 Å². The molecule has 1 aliphatic heterocycles. The van der Waals surface area contributed by atoms with E-state index in [9.17, 15) is 9.18 Å². The number of hydrogen-bond donors (Lipinski definition) is 2. The van der Waals surface area contributed by atoms with Crippen molar-refractivity contribution in [2.75, 3.05) is 7.11 Å². The van der Waals surface area contributed by atoms with Gasteiger partial charge in [-0.2, -0.15) is 0 Å². The number of ether oxygens (including phenoxy) is 1. The largest absolute Gasteiger partial charge is 0.466 e. The number of esters is 1. The molecule has 0 aromatic heterocycles. The Labute approximate surface area is 132 Å². The number of allylic oxidation sites excluding steroid dienone is 1. The summed E-state index contributed by atoms with van der Waals surface area (Å²) in [7, 11) is 1.27. The van der Waals surface area contributed by atoms with Crippen LogP contribution < -0.4 is 10.6 Å². The van der Waals surface area contributed by atoms with Crippen molar-refractivity contribution in [1.29, 1.82) is 0 Å². The molecule has 0 saturated heterocycles. The molecule has 1 atom stereocenters. The molecule has 1 aliphatic rings. The first kappa shape index (κ1) is 15.7. The molecule has 21 heavy (non-hydrogen) atoms. The standard InChI is InChI=1S/C14H14ClFN2O2S/c1-3-9-11(13(19)20-2)12(18-14(21)17-9)10-7(15)5-4-6-8(10)16/h4-6,12H,3H2,1-2H3,(H2,17,18,21)/t12-/m0/s1. The Bertz CT molecular complexity index is 613. The van der Waals surface area contributed by atoms with E-state index in [0.29, 0.717) is 17.2 Å². The summed E-state index contributed by atoms with van der Waals surface area (Å²) < 4.78 is 19.0. The van der Waals surface area contributed by atoms with E-state index in [1.165, 1.54) is 19.2 Å². The first-order valence-electron chi connectivity index (χ1n) is 6.32. The van der Waals surface area contributed by atoms with Crippen molar-refractivity contribution in [3.63, 3.8) is 0 Å². The first-order valence-corrected chi connectivity index (χ1v) is 7.11. The van der Waals surface area contributed by atoms with Gasteiger partial charge in [-0.05, 0) is 30.8 Å². The summed E-state index contributed by atoms with van der Waals surface area (Å²) in [6.07, 6.45) is 0.523. The van der Waals surface area contributed by atoms with Gasteiger partial charge in [-0.15, -0.1) is 0 Å². The summed E-state index contributed by atoms with van der Waals surface area (Å²) >= 11 is 11.2. The number of halogens is 2. The van der Waals surface area contributed by atoms with Crippen LogP contribution >= 0.6 is 23.8 Å². The molecule has 1 heterocycles. The Morgan fingerprint density at radius 2 is 2.24 bits per heavy atom. The third-order valence-electron chi connectivity index (χ3n) is 3.20. The van der Waals surface area contributed by atoms with Crippen LogP contribution in [0, 0.1) is 5.82 Å². The lowest BCUT2D eigenvalue weighted by Crippen LogP contribution is -2.46.